The molecule has 0 saturated carbocycles. The summed E-state index contributed by atoms with van der Waals surface area (Å²) in [4.78, 5) is 3.65. The first kappa shape index (κ1) is 24.0. The maximum atomic E-state index is 12.0. The molecule has 1 unspecified atom stereocenters. The number of rotatable bonds is 5. The lowest BCUT2D eigenvalue weighted by Gasteiger charge is -2.31. The van der Waals surface area contributed by atoms with E-state index in [0.29, 0.717) is 11.9 Å². The third-order valence-corrected chi connectivity index (χ3v) is 4.19. The Morgan fingerprint density at radius 2 is 1.68 bits per heavy atom. The van der Waals surface area contributed by atoms with E-state index in [1.807, 2.05) is 6.92 Å². The maximum Gasteiger partial charge on any atom is 0.574 e. The van der Waals surface area contributed by atoms with Crippen molar-refractivity contribution in [2.75, 3.05) is 0 Å². The molecule has 0 aromatic carbocycles. The average Bonchev–Trinajstić information content (AvgIpc) is 2.93. The van der Waals surface area contributed by atoms with Gasteiger partial charge in [-0.15, -0.1) is 13.2 Å². The topological polar surface area (TPSA) is 80.4 Å². The minimum atomic E-state index is -4.74. The summed E-state index contributed by atoms with van der Waals surface area (Å²) in [6, 6.07) is 2.57. The van der Waals surface area contributed by atoms with Gasteiger partial charge in [-0.3, -0.25) is 4.68 Å². The summed E-state index contributed by atoms with van der Waals surface area (Å²) in [6.07, 6.45) is 0.468. The Morgan fingerprint density at radius 3 is 2.00 bits per heavy atom. The molecule has 0 bridgehead atoms. The van der Waals surface area contributed by atoms with Crippen LogP contribution in [-0.2, 0) is 0 Å². The monoisotopic (exact) mass is 399 g/mol. The van der Waals surface area contributed by atoms with Crippen molar-refractivity contribution in [2.45, 2.75) is 64.6 Å². The van der Waals surface area contributed by atoms with Crippen LogP contribution in [-0.4, -0.2) is 50.4 Å². The van der Waals surface area contributed by atoms with Crippen molar-refractivity contribution in [3.8, 4) is 5.88 Å². The van der Waals surface area contributed by atoms with E-state index in [0.717, 1.165) is 5.56 Å². The summed E-state index contributed by atoms with van der Waals surface area (Å²) < 4.78 is 41.5. The van der Waals surface area contributed by atoms with Crippen LogP contribution in [0.2, 0.25) is 0 Å². The minimum Gasteiger partial charge on any atom is -0.388 e. The molecule has 0 aliphatic rings. The lowest BCUT2D eigenvalue weighted by molar-refractivity contribution is -0.276. The Hall–Kier alpha value is -2.07. The van der Waals surface area contributed by atoms with E-state index in [4.69, 9.17) is 18.1 Å². The van der Waals surface area contributed by atoms with Gasteiger partial charge >= 0.3 is 6.36 Å². The van der Waals surface area contributed by atoms with E-state index in [-0.39, 0.29) is 6.04 Å². The van der Waals surface area contributed by atoms with Crippen LogP contribution < -0.4 is 10.2 Å². The molecule has 10 heteroatoms. The Balaban J connectivity index is 0.000000416. The summed E-state index contributed by atoms with van der Waals surface area (Å²) in [5.41, 5.74) is -0.765. The molecule has 2 radical (unpaired) electrons. The first-order chi connectivity index (χ1) is 12.6. The van der Waals surface area contributed by atoms with Crippen molar-refractivity contribution < 1.29 is 28.1 Å². The van der Waals surface area contributed by atoms with Gasteiger partial charge in [-0.1, -0.05) is 12.4 Å². The predicted molar refractivity (Wildman–Crippen MR) is 99.6 cm³/mol. The largest absolute Gasteiger partial charge is 0.574 e. The molecule has 0 fully saturated rings. The normalized spacial score (nSPS) is 13.5. The fourth-order valence-electron chi connectivity index (χ4n) is 1.87. The molecule has 6 nitrogen and oxygen atoms in total. The van der Waals surface area contributed by atoms with Crippen molar-refractivity contribution in [3.05, 3.63) is 36.3 Å². The summed E-state index contributed by atoms with van der Waals surface area (Å²) in [5, 5.41) is 22.3. The summed E-state index contributed by atoms with van der Waals surface area (Å²) in [7, 11) is 5.60. The van der Waals surface area contributed by atoms with E-state index < -0.39 is 23.4 Å². The number of hydrogen-bond donors (Lipinski definition) is 2. The standard InChI is InChI=1S/C12H11BF3N3O.C6H14O2/c1-2-10(19-7-9(13)6-18-19)8-3-4-11(17-5-8)20-12(14,15)16;1-5(2,7)6(3,4)8/h3-7,10H,2H2,1H3;7-8H,1-4H3. The van der Waals surface area contributed by atoms with E-state index >= 15 is 0 Å². The molecule has 2 aromatic rings. The predicted octanol–water partition coefficient (Wildman–Crippen LogP) is 2.50. The summed E-state index contributed by atoms with van der Waals surface area (Å²) in [5.74, 6) is -0.490. The van der Waals surface area contributed by atoms with Crippen LogP contribution in [0.5, 0.6) is 5.88 Å². The van der Waals surface area contributed by atoms with E-state index in [9.17, 15) is 13.2 Å². The van der Waals surface area contributed by atoms with Crippen molar-refractivity contribution in [2.24, 2.45) is 0 Å². The van der Waals surface area contributed by atoms with Crippen LogP contribution in [0.3, 0.4) is 0 Å². The number of ether oxygens (including phenoxy) is 1. The Kier molecular flexibility index (Phi) is 7.67. The molecule has 0 spiro atoms. The van der Waals surface area contributed by atoms with E-state index in [1.54, 1.807) is 38.6 Å². The Labute approximate surface area is 163 Å². The second-order valence-corrected chi connectivity index (χ2v) is 7.27. The highest BCUT2D eigenvalue weighted by molar-refractivity contribution is 6.31. The quantitative estimate of drug-likeness (QED) is 0.756. The second kappa shape index (κ2) is 8.96. The third-order valence-electron chi connectivity index (χ3n) is 4.19. The van der Waals surface area contributed by atoms with Crippen LogP contribution in [0, 0.1) is 0 Å². The smallest absolute Gasteiger partial charge is 0.388 e. The average molecular weight is 399 g/mol. The molecule has 2 heterocycles. The Morgan fingerprint density at radius 1 is 1.11 bits per heavy atom. The first-order valence-electron chi connectivity index (χ1n) is 8.60. The molecule has 2 N–H and O–H groups in total. The zero-order valence-corrected chi connectivity index (χ0v) is 16.5. The molecule has 0 aliphatic carbocycles. The zero-order valence-electron chi connectivity index (χ0n) is 16.5. The van der Waals surface area contributed by atoms with Gasteiger partial charge in [-0.05, 0) is 45.7 Å². The fraction of sp³-hybridized carbons (Fsp3) is 0.556. The first-order valence-corrected chi connectivity index (χ1v) is 8.60. The van der Waals surface area contributed by atoms with Gasteiger partial charge in [-0.25, -0.2) is 4.98 Å². The van der Waals surface area contributed by atoms with Crippen LogP contribution in [0.4, 0.5) is 13.2 Å². The highest BCUT2D eigenvalue weighted by Gasteiger charge is 2.32. The van der Waals surface area contributed by atoms with Gasteiger partial charge in [0.2, 0.25) is 5.88 Å². The second-order valence-electron chi connectivity index (χ2n) is 7.27. The van der Waals surface area contributed by atoms with Crippen molar-refractivity contribution >= 4 is 13.3 Å². The van der Waals surface area contributed by atoms with Crippen LogP contribution in [0.1, 0.15) is 52.6 Å². The number of alkyl halides is 3. The fourth-order valence-corrected chi connectivity index (χ4v) is 1.87. The summed E-state index contributed by atoms with van der Waals surface area (Å²) >= 11 is 0. The highest BCUT2D eigenvalue weighted by Crippen LogP contribution is 2.24. The Bertz CT molecular complexity index is 724. The molecule has 0 aliphatic heterocycles. The molecule has 2 aromatic heterocycles. The SMILES string of the molecule is CC(C)(O)C(C)(C)O.[B]c1cnn(C(CC)c2ccc(OC(F)(F)F)nc2)c1. The number of hydrogen-bond acceptors (Lipinski definition) is 5. The molecule has 0 saturated heterocycles. The number of nitrogens with zero attached hydrogens (tertiary/aromatic N) is 3. The number of aromatic nitrogens is 3. The lowest BCUT2D eigenvalue weighted by Crippen LogP contribution is -2.44. The summed E-state index contributed by atoms with van der Waals surface area (Å²) in [6.45, 7) is 8.24. The van der Waals surface area contributed by atoms with Gasteiger partial charge in [-0.2, -0.15) is 5.10 Å². The van der Waals surface area contributed by atoms with Gasteiger partial charge in [0.1, 0.15) is 7.85 Å². The van der Waals surface area contributed by atoms with Gasteiger partial charge < -0.3 is 14.9 Å². The zero-order chi connectivity index (χ0) is 21.8. The lowest BCUT2D eigenvalue weighted by atomic mass is 9.90. The number of aliphatic hydroxyl groups is 2. The van der Waals surface area contributed by atoms with E-state index in [2.05, 4.69) is 14.8 Å². The van der Waals surface area contributed by atoms with Gasteiger partial charge in [0.15, 0.2) is 0 Å². The van der Waals surface area contributed by atoms with Crippen LogP contribution >= 0.6 is 0 Å². The van der Waals surface area contributed by atoms with Gasteiger partial charge in [0.25, 0.3) is 0 Å². The molecule has 154 valence electrons. The van der Waals surface area contributed by atoms with Crippen molar-refractivity contribution in [1.82, 2.24) is 14.8 Å². The third kappa shape index (κ3) is 7.51. The van der Waals surface area contributed by atoms with Crippen LogP contribution in [0.15, 0.2) is 30.7 Å². The maximum absolute atomic E-state index is 12.0. The van der Waals surface area contributed by atoms with Gasteiger partial charge in [0, 0.05) is 24.7 Å². The molecule has 1 atom stereocenters. The number of halogens is 3. The minimum absolute atomic E-state index is 0.139. The molecule has 2 rings (SSSR count). The van der Waals surface area contributed by atoms with Crippen molar-refractivity contribution in [1.29, 1.82) is 0 Å². The van der Waals surface area contributed by atoms with Gasteiger partial charge in [0.05, 0.1) is 17.2 Å². The number of pyridine rings is 1. The molecule has 0 amide bonds. The molecule has 28 heavy (non-hydrogen) atoms. The molecular weight excluding hydrogens is 374 g/mol. The molecular formula is C18H25BF3N3O3. The van der Waals surface area contributed by atoms with E-state index in [1.165, 1.54) is 24.5 Å². The van der Waals surface area contributed by atoms with Crippen LogP contribution in [0.25, 0.3) is 0 Å². The highest BCUT2D eigenvalue weighted by atomic mass is 19.4. The van der Waals surface area contributed by atoms with Crippen molar-refractivity contribution in [3.63, 3.8) is 0 Å².